The number of aryl methyl sites for hydroxylation is 1. The maximum absolute atomic E-state index is 4.25. The average molecular weight is 204 g/mol. The normalized spacial score (nSPS) is 10.6. The highest BCUT2D eigenvalue weighted by Crippen LogP contribution is 2.02. The van der Waals surface area contributed by atoms with Crippen LogP contribution in [0.15, 0.2) is 12.4 Å². The van der Waals surface area contributed by atoms with Gasteiger partial charge >= 0.3 is 0 Å². The fourth-order valence-corrected chi connectivity index (χ4v) is 1.47. The molecule has 0 spiro atoms. The Morgan fingerprint density at radius 2 is 1.86 bits per heavy atom. The van der Waals surface area contributed by atoms with Gasteiger partial charge in [-0.25, -0.2) is 4.98 Å². The van der Waals surface area contributed by atoms with Crippen LogP contribution in [0.1, 0.15) is 18.3 Å². The molecule has 0 fully saturated rings. The summed E-state index contributed by atoms with van der Waals surface area (Å²) < 4.78 is 0. The molecule has 3 heteroatoms. The Bertz CT molecular complexity index is 369. The van der Waals surface area contributed by atoms with Crippen molar-refractivity contribution in [2.45, 2.75) is 33.0 Å². The molecule has 0 aliphatic carbocycles. The van der Waals surface area contributed by atoms with Gasteiger partial charge in [-0.15, -0.1) is 5.54 Å². The van der Waals surface area contributed by atoms with Gasteiger partial charge in [-0.3, -0.25) is 4.98 Å². The molecule has 0 amide bonds. The highest BCUT2D eigenvalue weighted by atomic mass is 28.3. The molecule has 1 aromatic heterocycles. The second-order valence-electron chi connectivity index (χ2n) is 4.21. The van der Waals surface area contributed by atoms with E-state index in [1.165, 1.54) is 0 Å². The number of hydrogen-bond acceptors (Lipinski definition) is 2. The van der Waals surface area contributed by atoms with E-state index in [1.807, 2.05) is 0 Å². The molecular weight excluding hydrogens is 188 g/mol. The first-order valence-corrected chi connectivity index (χ1v) is 8.36. The lowest BCUT2D eigenvalue weighted by atomic mass is 10.2. The van der Waals surface area contributed by atoms with Crippen LogP contribution in [0.4, 0.5) is 0 Å². The summed E-state index contributed by atoms with van der Waals surface area (Å²) in [6, 6.07) is 0. The van der Waals surface area contributed by atoms with Gasteiger partial charge in [0.05, 0.1) is 5.69 Å². The lowest BCUT2D eigenvalue weighted by Gasteiger charge is -2.04. The average Bonchev–Trinajstić information content (AvgIpc) is 2.14. The van der Waals surface area contributed by atoms with Crippen molar-refractivity contribution in [2.24, 2.45) is 0 Å². The molecule has 0 aliphatic heterocycles. The minimum Gasteiger partial charge on any atom is -0.257 e. The van der Waals surface area contributed by atoms with E-state index < -0.39 is 8.07 Å². The van der Waals surface area contributed by atoms with Gasteiger partial charge < -0.3 is 0 Å². The van der Waals surface area contributed by atoms with Crippen molar-refractivity contribution < 1.29 is 0 Å². The van der Waals surface area contributed by atoms with Crippen molar-refractivity contribution in [2.75, 3.05) is 0 Å². The first-order chi connectivity index (χ1) is 6.53. The molecule has 1 heterocycles. The van der Waals surface area contributed by atoms with Crippen LogP contribution in [0, 0.1) is 11.5 Å². The maximum atomic E-state index is 4.25. The highest BCUT2D eigenvalue weighted by molar-refractivity contribution is 6.83. The third kappa shape index (κ3) is 3.31. The molecule has 0 N–H and O–H groups in total. The van der Waals surface area contributed by atoms with E-state index in [0.29, 0.717) is 0 Å². The molecule has 0 bridgehead atoms. The molecule has 0 saturated carbocycles. The fraction of sp³-hybridized carbons (Fsp3) is 0.455. The van der Waals surface area contributed by atoms with Crippen LogP contribution in [0.25, 0.3) is 0 Å². The van der Waals surface area contributed by atoms with Gasteiger partial charge in [0.15, 0.2) is 0 Å². The Hall–Kier alpha value is -1.14. The zero-order chi connectivity index (χ0) is 10.6. The smallest absolute Gasteiger partial charge is 0.134 e. The largest absolute Gasteiger partial charge is 0.257 e. The summed E-state index contributed by atoms with van der Waals surface area (Å²) in [5, 5.41) is 0. The molecule has 1 aromatic rings. The Morgan fingerprint density at radius 1 is 1.21 bits per heavy atom. The van der Waals surface area contributed by atoms with Crippen molar-refractivity contribution in [3.8, 4) is 11.5 Å². The van der Waals surface area contributed by atoms with Crippen molar-refractivity contribution in [3.05, 3.63) is 23.8 Å². The first-order valence-electron chi connectivity index (χ1n) is 4.86. The zero-order valence-electron chi connectivity index (χ0n) is 9.26. The molecule has 0 aliphatic rings. The summed E-state index contributed by atoms with van der Waals surface area (Å²) in [5.74, 6) is 3.14. The summed E-state index contributed by atoms with van der Waals surface area (Å²) in [4.78, 5) is 8.49. The number of rotatable bonds is 1. The fourth-order valence-electron chi connectivity index (χ4n) is 0.977. The van der Waals surface area contributed by atoms with Crippen molar-refractivity contribution in [1.82, 2.24) is 9.97 Å². The van der Waals surface area contributed by atoms with Crippen LogP contribution in [-0.4, -0.2) is 18.0 Å². The molecule has 0 atom stereocenters. The van der Waals surface area contributed by atoms with E-state index in [2.05, 4.69) is 48.0 Å². The van der Waals surface area contributed by atoms with E-state index in [0.717, 1.165) is 17.8 Å². The molecule has 2 nitrogen and oxygen atoms in total. The summed E-state index contributed by atoms with van der Waals surface area (Å²) in [7, 11) is -1.30. The van der Waals surface area contributed by atoms with Crippen molar-refractivity contribution >= 4 is 8.07 Å². The summed E-state index contributed by atoms with van der Waals surface area (Å²) in [6.45, 7) is 8.75. The molecule has 0 unspecified atom stereocenters. The van der Waals surface area contributed by atoms with Gasteiger partial charge in [0, 0.05) is 12.4 Å². The molecule has 0 radical (unpaired) electrons. The van der Waals surface area contributed by atoms with Gasteiger partial charge in [-0.1, -0.05) is 32.5 Å². The Balaban J connectivity index is 3.00. The quantitative estimate of drug-likeness (QED) is 0.518. The van der Waals surface area contributed by atoms with Crippen molar-refractivity contribution in [1.29, 1.82) is 0 Å². The molecule has 14 heavy (non-hydrogen) atoms. The minimum atomic E-state index is -1.30. The van der Waals surface area contributed by atoms with Crippen molar-refractivity contribution in [3.63, 3.8) is 0 Å². The first kappa shape index (κ1) is 10.9. The van der Waals surface area contributed by atoms with E-state index in [9.17, 15) is 0 Å². The topological polar surface area (TPSA) is 25.8 Å². The monoisotopic (exact) mass is 204 g/mol. The van der Waals surface area contributed by atoms with E-state index in [-0.39, 0.29) is 0 Å². The van der Waals surface area contributed by atoms with Gasteiger partial charge in [0.25, 0.3) is 0 Å². The van der Waals surface area contributed by atoms with Gasteiger partial charge in [-0.05, 0) is 6.42 Å². The van der Waals surface area contributed by atoms with Gasteiger partial charge in [0.1, 0.15) is 13.8 Å². The van der Waals surface area contributed by atoms with Gasteiger partial charge in [-0.2, -0.15) is 0 Å². The van der Waals surface area contributed by atoms with Crippen LogP contribution in [0.3, 0.4) is 0 Å². The highest BCUT2D eigenvalue weighted by Gasteiger charge is 2.08. The second kappa shape index (κ2) is 4.38. The third-order valence-corrected chi connectivity index (χ3v) is 2.54. The number of nitrogens with zero attached hydrogens (tertiary/aromatic N) is 2. The number of hydrogen-bond donors (Lipinski definition) is 0. The molecular formula is C11H16N2Si. The Kier molecular flexibility index (Phi) is 3.42. The predicted octanol–water partition coefficient (Wildman–Crippen LogP) is 2.27. The van der Waals surface area contributed by atoms with E-state index in [1.54, 1.807) is 12.4 Å². The lowest BCUT2D eigenvalue weighted by Crippen LogP contribution is -2.16. The molecule has 1 rings (SSSR count). The molecule has 0 aromatic carbocycles. The van der Waals surface area contributed by atoms with Crippen LogP contribution in [0.5, 0.6) is 0 Å². The lowest BCUT2D eigenvalue weighted by molar-refractivity contribution is 0.986. The number of aromatic nitrogens is 2. The minimum absolute atomic E-state index is 0.845. The summed E-state index contributed by atoms with van der Waals surface area (Å²) >= 11 is 0. The summed E-state index contributed by atoms with van der Waals surface area (Å²) in [5.41, 5.74) is 5.14. The zero-order valence-corrected chi connectivity index (χ0v) is 10.3. The van der Waals surface area contributed by atoms with Gasteiger partial charge in [0.2, 0.25) is 0 Å². The Morgan fingerprint density at radius 3 is 2.43 bits per heavy atom. The van der Waals surface area contributed by atoms with E-state index in [4.69, 9.17) is 0 Å². The van der Waals surface area contributed by atoms with E-state index >= 15 is 0 Å². The van der Waals surface area contributed by atoms with Crippen LogP contribution in [-0.2, 0) is 6.42 Å². The molecule has 74 valence electrons. The SMILES string of the molecule is CCc1nccnc1C#C[Si](C)(C)C. The van der Waals surface area contributed by atoms with Crippen LogP contribution < -0.4 is 0 Å². The maximum Gasteiger partial charge on any atom is 0.134 e. The molecule has 0 saturated heterocycles. The summed E-state index contributed by atoms with van der Waals surface area (Å²) in [6.07, 6.45) is 4.31. The standard InChI is InChI=1S/C11H16N2Si/c1-5-10-11(13-8-7-12-10)6-9-14(2,3)4/h7-8H,5H2,1-4H3. The van der Waals surface area contributed by atoms with Crippen LogP contribution >= 0.6 is 0 Å². The predicted molar refractivity (Wildman–Crippen MR) is 61.6 cm³/mol. The Labute approximate surface area is 86.8 Å². The third-order valence-electron chi connectivity index (χ3n) is 1.66. The second-order valence-corrected chi connectivity index (χ2v) is 8.96. The van der Waals surface area contributed by atoms with Crippen LogP contribution in [0.2, 0.25) is 19.6 Å².